The van der Waals surface area contributed by atoms with Gasteiger partial charge in [0.25, 0.3) is 17.4 Å². The van der Waals surface area contributed by atoms with Gasteiger partial charge in [-0.05, 0) is 208 Å². The first kappa shape index (κ1) is 93.7. The van der Waals surface area contributed by atoms with Crippen molar-refractivity contribution in [3.63, 3.8) is 0 Å². The minimum absolute atomic E-state index is 0. The molecule has 127 heavy (non-hydrogen) atoms. The number of nitrogens with zero attached hydrogens (tertiary/aromatic N) is 15. The molecule has 6 aromatic carbocycles. The lowest BCUT2D eigenvalue weighted by atomic mass is 9.99. The summed E-state index contributed by atoms with van der Waals surface area (Å²) < 4.78 is 10.8. The van der Waals surface area contributed by atoms with Crippen LogP contribution in [0.5, 0.6) is 11.5 Å². The number of carbonyl (C=O) groups excluding carboxylic acids is 5. The Bertz CT molecular complexity index is 6110. The Morgan fingerprint density at radius 3 is 2.24 bits per heavy atom. The minimum atomic E-state index is -0.647. The third-order valence-electron chi connectivity index (χ3n) is 21.9. The number of hydrogen-bond acceptors (Lipinski definition) is 25. The number of ether oxygens (including phenoxy) is 1. The molecule has 0 spiro atoms. The molecule has 16 rings (SSSR count). The summed E-state index contributed by atoms with van der Waals surface area (Å²) in [7, 11) is 5.48. The maximum absolute atomic E-state index is 13.2. The van der Waals surface area contributed by atoms with Gasteiger partial charge in [0.2, 0.25) is 11.8 Å². The number of benzene rings is 6. The number of halogens is 3. The SMILES string of the molecule is C/C(O)=C(\C#N)C(=O)Nc1cc(Br)ccc1Br.C=CC(=O)N1CCC[C@@H](n2nc(-c3ccc(Oc4ccccc4)cc3)c3c(N)ncnc32)C1.Cc1c(NC(=O)c2cc3c(s2)CCCC3)cccc1-c1cn(C)c(=O)c(Nc2ccc([C@@H]3C(=O)N(C)CCN3C)cc2)n1.Cc1nc(Nc2ncc(C(=O)Cc3c(C)cccc3Cl)s2)cc(N2CCN(CCO)CC2)n1.O. The number of nitrogen functional groups attached to an aromatic ring is 1. The summed E-state index contributed by atoms with van der Waals surface area (Å²) in [6.45, 7) is 17.8. The van der Waals surface area contributed by atoms with Crippen LogP contribution in [0, 0.1) is 32.1 Å². The van der Waals surface area contributed by atoms with Gasteiger partial charge in [-0.3, -0.25) is 38.6 Å². The molecule has 6 aromatic heterocycles. The molecule has 4 aliphatic rings. The number of ketones is 1. The Hall–Kier alpha value is -12.4. The summed E-state index contributed by atoms with van der Waals surface area (Å²) in [6.07, 6.45) is 12.6. The highest BCUT2D eigenvalue weighted by Gasteiger charge is 2.33. The molecule has 3 fully saturated rings. The highest BCUT2D eigenvalue weighted by Crippen LogP contribution is 2.38. The fourth-order valence-corrected chi connectivity index (χ4v) is 17.9. The van der Waals surface area contributed by atoms with E-state index in [1.807, 2.05) is 161 Å². The number of amides is 4. The lowest BCUT2D eigenvalue weighted by Gasteiger charge is -2.37. The van der Waals surface area contributed by atoms with Crippen LogP contribution < -0.4 is 42.2 Å². The summed E-state index contributed by atoms with van der Waals surface area (Å²) in [6, 6.07) is 46.7. The van der Waals surface area contributed by atoms with Gasteiger partial charge in [-0.15, -0.1) is 11.3 Å². The van der Waals surface area contributed by atoms with Crippen molar-refractivity contribution in [1.82, 2.24) is 63.9 Å². The molecule has 10 N–H and O–H groups in total. The number of aryl methyl sites for hydroxylation is 5. The van der Waals surface area contributed by atoms with E-state index in [9.17, 15) is 28.8 Å². The van der Waals surface area contributed by atoms with E-state index in [2.05, 4.69) is 99.3 Å². The number of hydrogen-bond donors (Lipinski definition) is 7. The van der Waals surface area contributed by atoms with Gasteiger partial charge in [0, 0.05) is 133 Å². The molecule has 35 heteroatoms. The predicted octanol–water partition coefficient (Wildman–Crippen LogP) is 15.5. The maximum Gasteiger partial charge on any atom is 0.293 e. The summed E-state index contributed by atoms with van der Waals surface area (Å²) in [4.78, 5) is 115. The van der Waals surface area contributed by atoms with Gasteiger partial charge in [-0.25, -0.2) is 34.6 Å². The Kier molecular flexibility index (Phi) is 31.9. The Morgan fingerprint density at radius 1 is 0.780 bits per heavy atom. The number of piperidine rings is 1. The zero-order valence-corrected chi connectivity index (χ0v) is 76.6. The van der Waals surface area contributed by atoms with Crippen molar-refractivity contribution >= 4 is 152 Å². The van der Waals surface area contributed by atoms with Crippen molar-refractivity contribution in [2.75, 3.05) is 112 Å². The van der Waals surface area contributed by atoms with Crippen molar-refractivity contribution in [3.05, 3.63) is 261 Å². The van der Waals surface area contributed by atoms with Gasteiger partial charge in [-0.2, -0.15) is 10.4 Å². The van der Waals surface area contributed by atoms with Gasteiger partial charge in [0.1, 0.15) is 64.7 Å². The van der Waals surface area contributed by atoms with E-state index < -0.39 is 5.91 Å². The van der Waals surface area contributed by atoms with Crippen LogP contribution >= 0.6 is 66.1 Å². The van der Waals surface area contributed by atoms with Crippen LogP contribution in [0.2, 0.25) is 5.02 Å². The number of fused-ring (bicyclic) bond motifs is 2. The number of piperazine rings is 2. The molecule has 12 aromatic rings. The summed E-state index contributed by atoms with van der Waals surface area (Å²) >= 11 is 15.7. The van der Waals surface area contributed by atoms with Crippen LogP contribution in [0.15, 0.2) is 202 Å². The van der Waals surface area contributed by atoms with E-state index in [1.165, 1.54) is 58.5 Å². The molecule has 0 bridgehead atoms. The molecule has 0 unspecified atom stereocenters. The van der Waals surface area contributed by atoms with Crippen molar-refractivity contribution in [2.24, 2.45) is 7.05 Å². The van der Waals surface area contributed by atoms with Gasteiger partial charge in [0.05, 0.1) is 45.4 Å². The third kappa shape index (κ3) is 23.3. The standard InChI is InChI=1S/C33H36N6O3S.C25H24N6O2.C23H27ClN6O2S.C11H8Br2N2O2.H2O/c1-20-24(9-7-10-25(20)36-31(40)28-18-22-8-5-6-11-27(22)43-28)26-19-39(4)33(42)30(35-26)34-23-14-12-21(13-15-23)29-32(41)38(3)17-16-37(29)2;1-2-21(32)30-14-6-7-18(15-30)31-25-22(24(26)27-16-28-25)23(29-31)17-10-12-20(13-11-17)33-19-8-4-3-5-9-19;1-15-4-3-5-18(24)17(15)12-19(32)20-14-25-23(33-20)28-21-13-22(27-16(2)26-21)30-8-6-29(7-9-30)10-11-31;1-6(16)8(5-14)11(17)15-10-4-7(12)2-3-9(10)13;/h7,9-10,12-15,18-19,29H,5-6,8,11,16-17H2,1-4H3,(H,34,35)(H,36,40);2-5,8-13,16,18H,1,6-7,14-15H2,(H2,26,27,28);3-5,13-14,31H,6-12H2,1-2H3,(H,25,26,27,28);2-4,16H,1H3,(H,15,17);1H2/b;;;8-6-;/t29-;18-;;;/m11.../s1. The molecule has 2 atom stereocenters. The van der Waals surface area contributed by atoms with Crippen LogP contribution in [0.3, 0.4) is 0 Å². The van der Waals surface area contributed by atoms with Gasteiger partial charge < -0.3 is 66.7 Å². The molecule has 658 valence electrons. The number of aliphatic hydroxyl groups is 2. The molecule has 0 radical (unpaired) electrons. The third-order valence-corrected chi connectivity index (χ3v) is 25.6. The highest BCUT2D eigenvalue weighted by molar-refractivity contribution is 9.11. The summed E-state index contributed by atoms with van der Waals surface area (Å²) in [5.74, 6) is 3.15. The predicted molar refractivity (Wildman–Crippen MR) is 505 cm³/mol. The van der Waals surface area contributed by atoms with Crippen LogP contribution in [0.25, 0.3) is 33.5 Å². The number of rotatable bonds is 21. The van der Waals surface area contributed by atoms with Gasteiger partial charge in [0.15, 0.2) is 28.0 Å². The number of carbonyl (C=O) groups is 5. The monoisotopic (exact) mass is 1900 g/mol. The normalized spacial score (nSPS) is 15.2. The quantitative estimate of drug-likeness (QED) is 0.0152. The highest BCUT2D eigenvalue weighted by atomic mass is 79.9. The van der Waals surface area contributed by atoms with Crippen LogP contribution in [-0.2, 0) is 40.7 Å². The molecule has 3 saturated heterocycles. The average molecular weight is 1900 g/mol. The van der Waals surface area contributed by atoms with Crippen LogP contribution in [-0.4, -0.2) is 189 Å². The lowest BCUT2D eigenvalue weighted by molar-refractivity contribution is -0.139. The zero-order valence-electron chi connectivity index (χ0n) is 71.0. The number of thiophene rings is 1. The van der Waals surface area contributed by atoms with E-state index in [0.717, 1.165) is 118 Å². The number of thiazole rings is 1. The van der Waals surface area contributed by atoms with E-state index in [-0.39, 0.29) is 76.8 Å². The number of Topliss-reactive ketones (excluding diaryl/α,β-unsaturated/α-hetero) is 1. The summed E-state index contributed by atoms with van der Waals surface area (Å²) in [5, 5.41) is 45.9. The van der Waals surface area contributed by atoms with Crippen molar-refractivity contribution in [2.45, 2.75) is 84.7 Å². The van der Waals surface area contributed by atoms with Crippen LogP contribution in [0.4, 0.5) is 45.5 Å². The van der Waals surface area contributed by atoms with Crippen LogP contribution in [0.1, 0.15) is 103 Å². The van der Waals surface area contributed by atoms with E-state index in [1.54, 1.807) is 70.9 Å². The first-order chi connectivity index (χ1) is 60.7. The molecule has 0 saturated carbocycles. The number of nitriles is 1. The van der Waals surface area contributed by atoms with E-state index >= 15 is 0 Å². The van der Waals surface area contributed by atoms with E-state index in [4.69, 9.17) is 47.6 Å². The molecule has 4 amide bonds. The number of nitrogens with two attached hydrogens (primary N) is 1. The number of para-hydroxylation sites is 1. The first-order valence-electron chi connectivity index (χ1n) is 40.9. The second kappa shape index (κ2) is 43.2. The maximum atomic E-state index is 13.2. The minimum Gasteiger partial charge on any atom is -0.511 e. The largest absolute Gasteiger partial charge is 0.511 e. The summed E-state index contributed by atoms with van der Waals surface area (Å²) in [5.41, 5.74) is 16.2. The average Bonchev–Trinajstić information content (AvgIpc) is 1.61. The molecule has 9 heterocycles. The number of likely N-dealkylation sites (N-methyl/N-ethyl adjacent to an activating group) is 2. The number of β-amino-alcohol motifs (C(OH)–C–C–N with tert-alkyl or cyclic N) is 1. The Morgan fingerprint density at radius 2 is 1.52 bits per heavy atom. The number of aliphatic hydroxyl groups excluding tert-OH is 2. The number of anilines is 8. The first-order valence-corrected chi connectivity index (χ1v) is 44.5. The van der Waals surface area contributed by atoms with Crippen molar-refractivity contribution < 1.29 is 44.4 Å². The Balaban J connectivity index is 0.000000160. The van der Waals surface area contributed by atoms with Gasteiger partial charge in [-0.1, -0.05) is 100 Å². The fourth-order valence-electron chi connectivity index (χ4n) is 15.0. The molecular formula is C92H97Br2ClN20O10S2. The number of likely N-dealkylation sites (tertiary alicyclic amines) is 1. The Labute approximate surface area is 764 Å². The van der Waals surface area contributed by atoms with E-state index in [0.29, 0.717) is 103 Å². The molecule has 1 aliphatic carbocycles. The number of aromatic nitrogens is 9. The lowest BCUT2D eigenvalue weighted by Crippen LogP contribution is -2.48. The van der Waals surface area contributed by atoms with Crippen molar-refractivity contribution in [3.8, 4) is 40.1 Å². The molecule has 3 aliphatic heterocycles. The number of allylic oxidation sites excluding steroid dienone is 1. The molecular weight excluding hydrogens is 1800 g/mol. The molecule has 30 nitrogen and oxygen atoms in total. The smallest absolute Gasteiger partial charge is 0.293 e. The van der Waals surface area contributed by atoms with Gasteiger partial charge >= 0.3 is 0 Å². The number of nitrogens with one attached hydrogen (secondary N) is 4. The zero-order chi connectivity index (χ0) is 89.4. The second-order valence-corrected chi connectivity index (χ2v) is 34.9. The second-order valence-electron chi connectivity index (χ2n) is 30.6. The van der Waals surface area contributed by atoms with Crippen molar-refractivity contribution in [1.29, 1.82) is 5.26 Å². The fraction of sp³-hybridized carbons (Fsp3) is 0.283. The topological polar surface area (TPSA) is 398 Å².